The minimum Gasteiger partial charge on any atom is -0.463 e. The Labute approximate surface area is 169 Å². The Bertz CT molecular complexity index is 976. The second kappa shape index (κ2) is 8.25. The molecule has 0 saturated carbocycles. The normalized spacial score (nSPS) is 20.8. The van der Waals surface area contributed by atoms with Crippen LogP contribution in [0.2, 0.25) is 0 Å². The lowest BCUT2D eigenvalue weighted by Crippen LogP contribution is -2.54. The average Bonchev–Trinajstić information content (AvgIpc) is 3.23. The third-order valence-electron chi connectivity index (χ3n) is 4.52. The summed E-state index contributed by atoms with van der Waals surface area (Å²) < 4.78 is 40.6. The van der Waals surface area contributed by atoms with Crippen molar-refractivity contribution >= 4 is 34.2 Å². The Morgan fingerprint density at radius 3 is 2.70 bits per heavy atom. The number of hydroxylamine groups is 2. The molecular formula is C14H18N6O9S. The molecule has 16 heteroatoms. The summed E-state index contributed by atoms with van der Waals surface area (Å²) in [7, 11) is -3.73. The van der Waals surface area contributed by atoms with E-state index < -0.39 is 46.3 Å². The second-order valence-corrected chi connectivity index (χ2v) is 7.42. The van der Waals surface area contributed by atoms with Crippen molar-refractivity contribution in [3.05, 3.63) is 18.2 Å². The van der Waals surface area contributed by atoms with Gasteiger partial charge in [0.2, 0.25) is 5.82 Å². The molecule has 15 nitrogen and oxygen atoms in total. The molecule has 3 heterocycles. The number of aromatic nitrogens is 2. The van der Waals surface area contributed by atoms with Crippen LogP contribution in [0.15, 0.2) is 12.4 Å². The van der Waals surface area contributed by atoms with E-state index >= 15 is 0 Å². The van der Waals surface area contributed by atoms with Gasteiger partial charge in [-0.25, -0.2) is 14.6 Å². The molecule has 2 aliphatic rings. The van der Waals surface area contributed by atoms with E-state index in [9.17, 15) is 27.6 Å². The first-order valence-electron chi connectivity index (χ1n) is 8.55. The molecule has 1 aromatic heterocycles. The first kappa shape index (κ1) is 21.5. The largest absolute Gasteiger partial charge is 0.463 e. The summed E-state index contributed by atoms with van der Waals surface area (Å²) in [6, 6.07) is -2.53. The third-order valence-corrected chi connectivity index (χ3v) is 4.87. The van der Waals surface area contributed by atoms with Gasteiger partial charge in [-0.15, -0.1) is 4.28 Å². The average molecular weight is 446 g/mol. The highest BCUT2D eigenvalue weighted by molar-refractivity contribution is 7.80. The van der Waals surface area contributed by atoms with E-state index in [4.69, 9.17) is 4.55 Å². The van der Waals surface area contributed by atoms with Crippen LogP contribution >= 0.6 is 0 Å². The van der Waals surface area contributed by atoms with Gasteiger partial charge < -0.3 is 14.2 Å². The standard InChI is InChI=1S/C14H18N6O9S/c1-28-13(23)11-15-4-5-18(11)7-10(21)16-17-12(22)9-3-2-8-6-19(9)14(24)20(8)29-30(25,26)27/h4-5,8-9H,2-3,6-7H2,1H3,(H,16,21)(H,17,22)(H,25,26,27)/t8-,9+/m1/s1. The molecule has 4 amide bonds. The van der Waals surface area contributed by atoms with E-state index in [1.807, 2.05) is 0 Å². The predicted octanol–water partition coefficient (Wildman–Crippen LogP) is -2.18. The fraction of sp³-hybridized carbons (Fsp3) is 0.500. The molecule has 0 aliphatic carbocycles. The van der Waals surface area contributed by atoms with Gasteiger partial charge in [0, 0.05) is 18.9 Å². The van der Waals surface area contributed by atoms with Crippen molar-refractivity contribution in [2.45, 2.75) is 31.5 Å². The number of hydrazine groups is 1. The molecule has 0 unspecified atom stereocenters. The lowest BCUT2D eigenvalue weighted by Gasteiger charge is -2.29. The van der Waals surface area contributed by atoms with Crippen LogP contribution in [-0.4, -0.2) is 82.0 Å². The zero-order valence-electron chi connectivity index (χ0n) is 15.5. The maximum absolute atomic E-state index is 12.4. The fourth-order valence-electron chi connectivity index (χ4n) is 3.23. The first-order chi connectivity index (χ1) is 14.1. The van der Waals surface area contributed by atoms with Gasteiger partial charge >= 0.3 is 22.4 Å². The third kappa shape index (κ3) is 4.50. The second-order valence-electron chi connectivity index (χ2n) is 6.42. The number of esters is 1. The number of nitrogens with one attached hydrogen (secondary N) is 2. The van der Waals surface area contributed by atoms with Crippen LogP contribution in [0.5, 0.6) is 0 Å². The number of hydrogen-bond donors (Lipinski definition) is 3. The number of carbonyl (C=O) groups excluding carboxylic acids is 4. The van der Waals surface area contributed by atoms with Crippen molar-refractivity contribution in [3.63, 3.8) is 0 Å². The van der Waals surface area contributed by atoms with Crippen LogP contribution in [0.25, 0.3) is 0 Å². The molecule has 30 heavy (non-hydrogen) atoms. The smallest absolute Gasteiger partial charge is 0.418 e. The van der Waals surface area contributed by atoms with Crippen LogP contribution in [0.3, 0.4) is 0 Å². The number of imidazole rings is 1. The number of hydrogen-bond acceptors (Lipinski definition) is 9. The molecule has 2 saturated heterocycles. The quantitative estimate of drug-likeness (QED) is 0.246. The molecule has 2 bridgehead atoms. The van der Waals surface area contributed by atoms with Crippen molar-refractivity contribution in [1.82, 2.24) is 30.4 Å². The SMILES string of the molecule is COC(=O)c1nccn1CC(=O)NNC(=O)[C@@H]1CC[C@@H]2CN1C(=O)N2OS(=O)(=O)O. The molecular weight excluding hydrogens is 428 g/mol. The highest BCUT2D eigenvalue weighted by atomic mass is 32.3. The van der Waals surface area contributed by atoms with E-state index in [0.717, 1.165) is 12.0 Å². The lowest BCUT2D eigenvalue weighted by atomic mass is 10.0. The topological polar surface area (TPSA) is 189 Å². The van der Waals surface area contributed by atoms with Crippen LogP contribution in [-0.2, 0) is 35.6 Å². The van der Waals surface area contributed by atoms with Crippen molar-refractivity contribution in [1.29, 1.82) is 0 Å². The Morgan fingerprint density at radius 2 is 2.03 bits per heavy atom. The number of amides is 4. The van der Waals surface area contributed by atoms with Crippen LogP contribution < -0.4 is 10.9 Å². The van der Waals surface area contributed by atoms with Gasteiger partial charge in [-0.3, -0.25) is 25.0 Å². The zero-order valence-corrected chi connectivity index (χ0v) is 16.4. The van der Waals surface area contributed by atoms with Gasteiger partial charge in [0.25, 0.3) is 11.8 Å². The molecule has 0 aromatic carbocycles. The number of piperidine rings is 1. The van der Waals surface area contributed by atoms with E-state index in [0.29, 0.717) is 5.06 Å². The van der Waals surface area contributed by atoms with Crippen molar-refractivity contribution in [2.75, 3.05) is 13.7 Å². The summed E-state index contributed by atoms with van der Waals surface area (Å²) >= 11 is 0. The fourth-order valence-corrected chi connectivity index (χ4v) is 3.62. The summed E-state index contributed by atoms with van der Waals surface area (Å²) in [5, 5.41) is 0.509. The van der Waals surface area contributed by atoms with Gasteiger partial charge in [-0.2, -0.15) is 13.5 Å². The van der Waals surface area contributed by atoms with Crippen molar-refractivity contribution < 1.29 is 41.2 Å². The number of fused-ring (bicyclic) bond motifs is 2. The number of rotatable bonds is 6. The number of ether oxygens (including phenoxy) is 1. The number of nitrogens with zero attached hydrogens (tertiary/aromatic N) is 4. The molecule has 1 aromatic rings. The minimum absolute atomic E-state index is 0.0118. The van der Waals surface area contributed by atoms with Crippen LogP contribution in [0.1, 0.15) is 23.5 Å². The summed E-state index contributed by atoms with van der Waals surface area (Å²) in [5.41, 5.74) is 4.35. The van der Waals surface area contributed by atoms with Crippen molar-refractivity contribution in [2.24, 2.45) is 0 Å². The highest BCUT2D eigenvalue weighted by Gasteiger charge is 2.49. The molecule has 164 valence electrons. The van der Waals surface area contributed by atoms with Gasteiger partial charge in [-0.05, 0) is 12.8 Å². The molecule has 0 spiro atoms. The lowest BCUT2D eigenvalue weighted by molar-refractivity contribution is -0.132. The summed E-state index contributed by atoms with van der Waals surface area (Å²) in [6.07, 6.45) is 3.09. The highest BCUT2D eigenvalue weighted by Crippen LogP contribution is 2.30. The molecule has 2 aliphatic heterocycles. The Hall–Kier alpha value is -3.24. The Balaban J connectivity index is 1.56. The molecule has 2 atom stereocenters. The number of methoxy groups -OCH3 is 1. The van der Waals surface area contributed by atoms with Gasteiger partial charge in [0.1, 0.15) is 12.6 Å². The van der Waals surface area contributed by atoms with E-state index in [1.54, 1.807) is 0 Å². The molecule has 0 radical (unpaired) electrons. The maximum atomic E-state index is 12.4. The summed E-state index contributed by atoms with van der Waals surface area (Å²) in [6.45, 7) is -0.325. The maximum Gasteiger partial charge on any atom is 0.418 e. The van der Waals surface area contributed by atoms with E-state index in [-0.39, 0.29) is 31.8 Å². The Morgan fingerprint density at radius 1 is 1.30 bits per heavy atom. The number of urea groups is 1. The van der Waals surface area contributed by atoms with Crippen LogP contribution in [0, 0.1) is 0 Å². The number of carbonyl (C=O) groups is 4. The van der Waals surface area contributed by atoms with Crippen LogP contribution in [0.4, 0.5) is 4.79 Å². The monoisotopic (exact) mass is 446 g/mol. The first-order valence-corrected chi connectivity index (χ1v) is 9.92. The van der Waals surface area contributed by atoms with Gasteiger partial charge in [-0.1, -0.05) is 0 Å². The van der Waals surface area contributed by atoms with Gasteiger partial charge in [0.05, 0.1) is 13.2 Å². The van der Waals surface area contributed by atoms with E-state index in [1.165, 1.54) is 17.0 Å². The summed E-state index contributed by atoms with van der Waals surface area (Å²) in [4.78, 5) is 53.2. The minimum atomic E-state index is -4.89. The summed E-state index contributed by atoms with van der Waals surface area (Å²) in [5.74, 6) is -2.22. The molecule has 3 N–H and O–H groups in total. The van der Waals surface area contributed by atoms with Crippen molar-refractivity contribution in [3.8, 4) is 0 Å². The Kier molecular flexibility index (Phi) is 5.90. The van der Waals surface area contributed by atoms with Gasteiger partial charge in [0.15, 0.2) is 0 Å². The molecule has 3 rings (SSSR count). The molecule has 2 fully saturated rings. The van der Waals surface area contributed by atoms with E-state index in [2.05, 4.69) is 24.9 Å². The predicted molar refractivity (Wildman–Crippen MR) is 93.2 cm³/mol. The zero-order chi connectivity index (χ0) is 22.1.